The lowest BCUT2D eigenvalue weighted by Crippen LogP contribution is -2.06. The number of Topliss-reactive ketones (excluding diaryl/α,β-unsaturated/α-hetero) is 1. The number of rotatable bonds is 1. The molecule has 0 aromatic rings. The average Bonchev–Trinajstić information content (AvgIpc) is 1.88. The highest BCUT2D eigenvalue weighted by Gasteiger charge is 2.11. The first-order valence-corrected chi connectivity index (χ1v) is 3.91. The third kappa shape index (κ3) is 1.69. The first kappa shape index (κ1) is 7.52. The van der Waals surface area contributed by atoms with Gasteiger partial charge in [0.25, 0.3) is 0 Å². The van der Waals surface area contributed by atoms with Crippen molar-refractivity contribution in [1.82, 2.24) is 0 Å². The van der Waals surface area contributed by atoms with Crippen molar-refractivity contribution in [2.45, 2.75) is 33.1 Å². The summed E-state index contributed by atoms with van der Waals surface area (Å²) in [5, 5.41) is 0. The van der Waals surface area contributed by atoms with Crippen LogP contribution in [0, 0.1) is 5.92 Å². The molecule has 10 heavy (non-hydrogen) atoms. The van der Waals surface area contributed by atoms with Crippen LogP contribution >= 0.6 is 0 Å². The van der Waals surface area contributed by atoms with Crippen LogP contribution in [-0.2, 0) is 4.79 Å². The highest BCUT2D eigenvalue weighted by Crippen LogP contribution is 2.21. The molecule has 1 aliphatic carbocycles. The van der Waals surface area contributed by atoms with Gasteiger partial charge in [-0.25, -0.2) is 0 Å². The Balaban J connectivity index is 2.56. The summed E-state index contributed by atoms with van der Waals surface area (Å²) in [6, 6.07) is 0. The third-order valence-corrected chi connectivity index (χ3v) is 2.03. The zero-order valence-electron chi connectivity index (χ0n) is 6.68. The quantitative estimate of drug-likeness (QED) is 0.508. The number of carbonyl (C=O) groups is 1. The van der Waals surface area contributed by atoms with E-state index in [9.17, 15) is 4.79 Å². The van der Waals surface area contributed by atoms with E-state index in [1.54, 1.807) is 0 Å². The molecule has 0 aromatic heterocycles. The fraction of sp³-hybridized carbons (Fsp3) is 0.667. The molecule has 0 N–H and O–H groups in total. The standard InChI is InChI=1S/C9H14O/c1-7(2)8-3-5-9(10)6-4-8/h3,7H,4-6H2,1-2H3. The molecule has 1 rings (SSSR count). The van der Waals surface area contributed by atoms with Crippen molar-refractivity contribution in [3.05, 3.63) is 11.6 Å². The highest BCUT2D eigenvalue weighted by atomic mass is 16.1. The maximum atomic E-state index is 10.8. The normalized spacial score (nSPS) is 19.5. The smallest absolute Gasteiger partial charge is 0.136 e. The Labute approximate surface area is 62.1 Å². The van der Waals surface area contributed by atoms with Crippen LogP contribution in [0.15, 0.2) is 11.6 Å². The maximum absolute atomic E-state index is 10.8. The molecule has 0 atom stereocenters. The topological polar surface area (TPSA) is 17.1 Å². The molecule has 1 aliphatic rings. The van der Waals surface area contributed by atoms with Gasteiger partial charge in [-0.3, -0.25) is 4.79 Å². The van der Waals surface area contributed by atoms with E-state index < -0.39 is 0 Å². The summed E-state index contributed by atoms with van der Waals surface area (Å²) in [6.07, 6.45) is 4.53. The Morgan fingerprint density at radius 2 is 2.10 bits per heavy atom. The summed E-state index contributed by atoms with van der Waals surface area (Å²) in [6.45, 7) is 4.36. The number of hydrogen-bond acceptors (Lipinski definition) is 1. The second kappa shape index (κ2) is 3.00. The van der Waals surface area contributed by atoms with Crippen molar-refractivity contribution in [3.8, 4) is 0 Å². The predicted molar refractivity (Wildman–Crippen MR) is 41.8 cm³/mol. The van der Waals surface area contributed by atoms with Crippen LogP contribution in [0.4, 0.5) is 0 Å². The second-order valence-corrected chi connectivity index (χ2v) is 3.18. The molecule has 0 radical (unpaired) electrons. The van der Waals surface area contributed by atoms with Gasteiger partial charge < -0.3 is 0 Å². The Hall–Kier alpha value is -0.590. The minimum atomic E-state index is 0.393. The van der Waals surface area contributed by atoms with Crippen LogP contribution in [0.25, 0.3) is 0 Å². The van der Waals surface area contributed by atoms with Crippen molar-refractivity contribution in [3.63, 3.8) is 0 Å². The summed E-state index contributed by atoms with van der Waals surface area (Å²) in [4.78, 5) is 10.8. The molecule has 1 nitrogen and oxygen atoms in total. The lowest BCUT2D eigenvalue weighted by atomic mass is 9.91. The summed E-state index contributed by atoms with van der Waals surface area (Å²) < 4.78 is 0. The van der Waals surface area contributed by atoms with Gasteiger partial charge in [-0.05, 0) is 12.3 Å². The van der Waals surface area contributed by atoms with Gasteiger partial charge in [-0.2, -0.15) is 0 Å². The fourth-order valence-corrected chi connectivity index (χ4v) is 1.26. The Kier molecular flexibility index (Phi) is 2.25. The number of carbonyl (C=O) groups excluding carboxylic acids is 1. The molecule has 0 fully saturated rings. The Morgan fingerprint density at radius 1 is 1.40 bits per heavy atom. The molecule has 0 unspecified atom stereocenters. The van der Waals surface area contributed by atoms with Crippen LogP contribution < -0.4 is 0 Å². The average molecular weight is 138 g/mol. The molecule has 0 bridgehead atoms. The zero-order chi connectivity index (χ0) is 7.56. The van der Waals surface area contributed by atoms with E-state index in [0.29, 0.717) is 18.1 Å². The first-order chi connectivity index (χ1) is 4.70. The van der Waals surface area contributed by atoms with Crippen molar-refractivity contribution < 1.29 is 4.79 Å². The minimum Gasteiger partial charge on any atom is -0.299 e. The molecular weight excluding hydrogens is 124 g/mol. The van der Waals surface area contributed by atoms with Gasteiger partial charge in [0.05, 0.1) is 0 Å². The van der Waals surface area contributed by atoms with Crippen molar-refractivity contribution >= 4 is 5.78 Å². The fourth-order valence-electron chi connectivity index (χ4n) is 1.26. The first-order valence-electron chi connectivity index (χ1n) is 3.91. The monoisotopic (exact) mass is 138 g/mol. The largest absolute Gasteiger partial charge is 0.299 e. The van der Waals surface area contributed by atoms with Gasteiger partial charge in [0.1, 0.15) is 5.78 Å². The van der Waals surface area contributed by atoms with E-state index in [4.69, 9.17) is 0 Å². The number of allylic oxidation sites excluding steroid dienone is 2. The summed E-state index contributed by atoms with van der Waals surface area (Å²) in [5.74, 6) is 1.03. The van der Waals surface area contributed by atoms with Gasteiger partial charge in [-0.15, -0.1) is 0 Å². The van der Waals surface area contributed by atoms with Gasteiger partial charge in [0.15, 0.2) is 0 Å². The van der Waals surface area contributed by atoms with Crippen LogP contribution in [0.1, 0.15) is 33.1 Å². The molecule has 56 valence electrons. The SMILES string of the molecule is CC(C)C1=CCC(=O)CC1. The molecule has 0 heterocycles. The van der Waals surface area contributed by atoms with E-state index in [2.05, 4.69) is 19.9 Å². The van der Waals surface area contributed by atoms with E-state index in [-0.39, 0.29) is 0 Å². The van der Waals surface area contributed by atoms with Crippen LogP contribution in [0.2, 0.25) is 0 Å². The molecule has 0 aromatic carbocycles. The summed E-state index contributed by atoms with van der Waals surface area (Å²) in [5.41, 5.74) is 1.46. The molecule has 0 saturated heterocycles. The zero-order valence-corrected chi connectivity index (χ0v) is 6.68. The van der Waals surface area contributed by atoms with E-state index in [1.165, 1.54) is 5.57 Å². The maximum Gasteiger partial charge on any atom is 0.136 e. The Bertz CT molecular complexity index is 166. The van der Waals surface area contributed by atoms with Crippen LogP contribution in [0.5, 0.6) is 0 Å². The summed E-state index contributed by atoms with van der Waals surface area (Å²) in [7, 11) is 0. The predicted octanol–water partition coefficient (Wildman–Crippen LogP) is 2.32. The van der Waals surface area contributed by atoms with Gasteiger partial charge >= 0.3 is 0 Å². The lowest BCUT2D eigenvalue weighted by molar-refractivity contribution is -0.118. The van der Waals surface area contributed by atoms with Gasteiger partial charge in [0.2, 0.25) is 0 Å². The van der Waals surface area contributed by atoms with E-state index >= 15 is 0 Å². The number of ketones is 1. The second-order valence-electron chi connectivity index (χ2n) is 3.18. The minimum absolute atomic E-state index is 0.393. The van der Waals surface area contributed by atoms with E-state index in [1.807, 2.05) is 0 Å². The molecule has 0 amide bonds. The number of hydrogen-bond donors (Lipinski definition) is 0. The van der Waals surface area contributed by atoms with E-state index in [0.717, 1.165) is 12.8 Å². The molecule has 0 saturated carbocycles. The molecular formula is C9H14O. The van der Waals surface area contributed by atoms with Crippen LogP contribution in [0.3, 0.4) is 0 Å². The van der Waals surface area contributed by atoms with Crippen molar-refractivity contribution in [1.29, 1.82) is 0 Å². The summed E-state index contributed by atoms with van der Waals surface area (Å²) >= 11 is 0. The van der Waals surface area contributed by atoms with Gasteiger partial charge in [-0.1, -0.05) is 25.5 Å². The molecule has 0 spiro atoms. The van der Waals surface area contributed by atoms with Gasteiger partial charge in [0, 0.05) is 12.8 Å². The molecule has 1 heteroatoms. The third-order valence-electron chi connectivity index (χ3n) is 2.03. The van der Waals surface area contributed by atoms with Crippen LogP contribution in [-0.4, -0.2) is 5.78 Å². The molecule has 0 aliphatic heterocycles. The van der Waals surface area contributed by atoms with Crippen molar-refractivity contribution in [2.75, 3.05) is 0 Å². The highest BCUT2D eigenvalue weighted by molar-refractivity contribution is 5.81. The Morgan fingerprint density at radius 3 is 2.50 bits per heavy atom. The lowest BCUT2D eigenvalue weighted by Gasteiger charge is -2.14. The van der Waals surface area contributed by atoms with Crippen molar-refractivity contribution in [2.24, 2.45) is 5.92 Å².